The summed E-state index contributed by atoms with van der Waals surface area (Å²) in [4.78, 5) is 14.8. The van der Waals surface area contributed by atoms with E-state index in [4.69, 9.17) is 9.84 Å². The van der Waals surface area contributed by atoms with Crippen LogP contribution in [0.3, 0.4) is 0 Å². The molecule has 0 atom stereocenters. The number of nitrogens with one attached hydrogen (secondary N) is 1. The Bertz CT molecular complexity index is 953. The third kappa shape index (κ3) is 5.35. The van der Waals surface area contributed by atoms with Crippen LogP contribution in [0.5, 0.6) is 0 Å². The largest absolute Gasteiger partial charge is 0.396 e. The maximum atomic E-state index is 12.5. The molecule has 0 aromatic heterocycles. The molecule has 0 bridgehead atoms. The molecular weight excluding hydrogens is 366 g/mol. The van der Waals surface area contributed by atoms with Crippen molar-refractivity contribution in [2.75, 3.05) is 37.8 Å². The molecule has 1 saturated heterocycles. The minimum atomic E-state index is -0.582. The Morgan fingerprint density at radius 1 is 1.24 bits per heavy atom. The molecule has 0 saturated carbocycles. The number of hydrogen-bond acceptors (Lipinski definition) is 5. The van der Waals surface area contributed by atoms with Gasteiger partial charge in [-0.3, -0.25) is 4.79 Å². The first kappa shape index (κ1) is 20.8. The van der Waals surface area contributed by atoms with Crippen LogP contribution in [0, 0.1) is 11.3 Å². The molecule has 0 aliphatic carbocycles. The van der Waals surface area contributed by atoms with Crippen molar-refractivity contribution < 1.29 is 14.6 Å². The molecule has 3 rings (SSSR count). The second-order valence-electron chi connectivity index (χ2n) is 7.87. The van der Waals surface area contributed by atoms with Gasteiger partial charge in [0.25, 0.3) is 5.91 Å². The van der Waals surface area contributed by atoms with Crippen LogP contribution in [0.25, 0.3) is 16.8 Å². The standard InChI is InChI=1S/C23H27N3O3/c1-23(2,7-10-27)25-22(28)20(16-24)14-17-3-4-19-15-21(6-5-18(19)13-17)26-8-11-29-12-9-26/h3-6,13-15,27H,7-12H2,1-2H3,(H,25,28)/b20-14+. The highest BCUT2D eigenvalue weighted by Crippen LogP contribution is 2.25. The third-order valence-electron chi connectivity index (χ3n) is 5.09. The number of carbonyl (C=O) groups is 1. The highest BCUT2D eigenvalue weighted by Gasteiger charge is 2.22. The summed E-state index contributed by atoms with van der Waals surface area (Å²) in [5.41, 5.74) is 1.43. The summed E-state index contributed by atoms with van der Waals surface area (Å²) in [7, 11) is 0. The fourth-order valence-electron chi connectivity index (χ4n) is 3.39. The molecule has 29 heavy (non-hydrogen) atoms. The number of carbonyl (C=O) groups excluding carboxylic acids is 1. The quantitative estimate of drug-likeness (QED) is 0.582. The number of morpholine rings is 1. The zero-order valence-electron chi connectivity index (χ0n) is 16.9. The molecule has 2 aromatic rings. The van der Waals surface area contributed by atoms with Crippen molar-refractivity contribution in [1.82, 2.24) is 5.32 Å². The van der Waals surface area contributed by atoms with E-state index < -0.39 is 11.4 Å². The van der Waals surface area contributed by atoms with Gasteiger partial charge in [0, 0.05) is 30.9 Å². The van der Waals surface area contributed by atoms with Gasteiger partial charge in [-0.2, -0.15) is 5.26 Å². The van der Waals surface area contributed by atoms with Gasteiger partial charge in [0.1, 0.15) is 11.6 Å². The molecule has 1 fully saturated rings. The summed E-state index contributed by atoms with van der Waals surface area (Å²) in [6.45, 7) is 6.87. The summed E-state index contributed by atoms with van der Waals surface area (Å²) in [6.07, 6.45) is 2.01. The average Bonchev–Trinajstić information content (AvgIpc) is 2.71. The van der Waals surface area contributed by atoms with E-state index in [2.05, 4.69) is 28.4 Å². The number of nitriles is 1. The van der Waals surface area contributed by atoms with Gasteiger partial charge in [-0.05, 0) is 60.9 Å². The molecule has 2 aromatic carbocycles. The number of nitrogens with zero attached hydrogens (tertiary/aromatic N) is 2. The van der Waals surface area contributed by atoms with Crippen molar-refractivity contribution in [3.05, 3.63) is 47.5 Å². The molecule has 1 amide bonds. The molecule has 6 nitrogen and oxygen atoms in total. The van der Waals surface area contributed by atoms with Gasteiger partial charge in [-0.25, -0.2) is 0 Å². The molecular formula is C23H27N3O3. The van der Waals surface area contributed by atoms with E-state index in [0.717, 1.165) is 42.6 Å². The predicted molar refractivity (Wildman–Crippen MR) is 114 cm³/mol. The summed E-state index contributed by atoms with van der Waals surface area (Å²) >= 11 is 0. The average molecular weight is 393 g/mol. The lowest BCUT2D eigenvalue weighted by molar-refractivity contribution is -0.118. The first-order chi connectivity index (χ1) is 13.9. The second-order valence-corrected chi connectivity index (χ2v) is 7.87. The van der Waals surface area contributed by atoms with E-state index in [0.29, 0.717) is 6.42 Å². The van der Waals surface area contributed by atoms with Crippen LogP contribution in [0.2, 0.25) is 0 Å². The van der Waals surface area contributed by atoms with Gasteiger partial charge in [0.05, 0.1) is 13.2 Å². The predicted octanol–water partition coefficient (Wildman–Crippen LogP) is 2.86. The maximum absolute atomic E-state index is 12.5. The highest BCUT2D eigenvalue weighted by atomic mass is 16.5. The number of benzene rings is 2. The van der Waals surface area contributed by atoms with E-state index in [1.54, 1.807) is 6.08 Å². The number of hydrogen-bond donors (Lipinski definition) is 2. The molecule has 0 unspecified atom stereocenters. The van der Waals surface area contributed by atoms with Crippen LogP contribution in [0.1, 0.15) is 25.8 Å². The highest BCUT2D eigenvalue weighted by molar-refractivity contribution is 6.02. The van der Waals surface area contributed by atoms with E-state index >= 15 is 0 Å². The monoisotopic (exact) mass is 393 g/mol. The third-order valence-corrected chi connectivity index (χ3v) is 5.09. The van der Waals surface area contributed by atoms with Crippen LogP contribution in [0.15, 0.2) is 42.0 Å². The van der Waals surface area contributed by atoms with Gasteiger partial charge < -0.3 is 20.1 Å². The lowest BCUT2D eigenvalue weighted by Crippen LogP contribution is -2.44. The number of ether oxygens (including phenoxy) is 1. The van der Waals surface area contributed by atoms with Gasteiger partial charge in [0.15, 0.2) is 0 Å². The minimum absolute atomic E-state index is 0.0317. The van der Waals surface area contributed by atoms with Gasteiger partial charge in [-0.15, -0.1) is 0 Å². The molecule has 1 heterocycles. The fraction of sp³-hybridized carbons (Fsp3) is 0.391. The topological polar surface area (TPSA) is 85.6 Å². The van der Waals surface area contributed by atoms with Crippen molar-refractivity contribution in [3.8, 4) is 6.07 Å². The van der Waals surface area contributed by atoms with E-state index in [9.17, 15) is 10.1 Å². The molecule has 1 aliphatic heterocycles. The number of rotatable bonds is 6. The fourth-order valence-corrected chi connectivity index (χ4v) is 3.39. The lowest BCUT2D eigenvalue weighted by atomic mass is 10.00. The van der Waals surface area contributed by atoms with Crippen molar-refractivity contribution in [2.24, 2.45) is 0 Å². The normalized spacial score (nSPS) is 15.2. The molecule has 6 heteroatoms. The SMILES string of the molecule is CC(C)(CCO)NC(=O)/C(C#N)=C/c1ccc2cc(N3CCOCC3)ccc2c1. The van der Waals surface area contributed by atoms with Crippen LogP contribution in [-0.2, 0) is 9.53 Å². The Hall–Kier alpha value is -2.88. The Labute approximate surface area is 171 Å². The Morgan fingerprint density at radius 2 is 1.93 bits per heavy atom. The summed E-state index contributed by atoms with van der Waals surface area (Å²) in [6, 6.07) is 14.2. The van der Waals surface area contributed by atoms with E-state index in [-0.39, 0.29) is 12.2 Å². The minimum Gasteiger partial charge on any atom is -0.396 e. The van der Waals surface area contributed by atoms with Crippen molar-refractivity contribution in [2.45, 2.75) is 25.8 Å². The van der Waals surface area contributed by atoms with E-state index in [1.807, 2.05) is 38.1 Å². The number of fused-ring (bicyclic) bond motifs is 1. The Kier molecular flexibility index (Phi) is 6.53. The first-order valence-corrected chi connectivity index (χ1v) is 9.83. The van der Waals surface area contributed by atoms with Crippen LogP contribution in [-0.4, -0.2) is 49.5 Å². The van der Waals surface area contributed by atoms with Gasteiger partial charge in [0.2, 0.25) is 0 Å². The molecule has 2 N–H and O–H groups in total. The Morgan fingerprint density at radius 3 is 2.62 bits per heavy atom. The zero-order valence-corrected chi connectivity index (χ0v) is 16.9. The van der Waals surface area contributed by atoms with Crippen molar-refractivity contribution in [3.63, 3.8) is 0 Å². The van der Waals surface area contributed by atoms with E-state index in [1.165, 1.54) is 5.69 Å². The van der Waals surface area contributed by atoms with Crippen LogP contribution in [0.4, 0.5) is 5.69 Å². The smallest absolute Gasteiger partial charge is 0.262 e. The summed E-state index contributed by atoms with van der Waals surface area (Å²) < 4.78 is 5.42. The van der Waals surface area contributed by atoms with Gasteiger partial charge >= 0.3 is 0 Å². The molecule has 0 radical (unpaired) electrons. The van der Waals surface area contributed by atoms with Crippen molar-refractivity contribution in [1.29, 1.82) is 5.26 Å². The summed E-state index contributed by atoms with van der Waals surface area (Å²) in [5.74, 6) is -0.436. The first-order valence-electron chi connectivity index (χ1n) is 9.83. The second kappa shape index (κ2) is 9.08. The Balaban J connectivity index is 1.81. The number of anilines is 1. The van der Waals surface area contributed by atoms with Crippen molar-refractivity contribution >= 4 is 28.4 Å². The number of amides is 1. The van der Waals surface area contributed by atoms with Crippen LogP contribution < -0.4 is 10.2 Å². The molecule has 152 valence electrons. The molecule has 1 aliphatic rings. The maximum Gasteiger partial charge on any atom is 0.262 e. The number of aliphatic hydroxyl groups excluding tert-OH is 1. The number of aliphatic hydroxyl groups is 1. The summed E-state index contributed by atoms with van der Waals surface area (Å²) in [5, 5.41) is 23.5. The molecule has 0 spiro atoms. The lowest BCUT2D eigenvalue weighted by Gasteiger charge is -2.29. The zero-order chi connectivity index (χ0) is 20.9. The van der Waals surface area contributed by atoms with Gasteiger partial charge in [-0.1, -0.05) is 18.2 Å². The van der Waals surface area contributed by atoms with Crippen LogP contribution >= 0.6 is 0 Å².